The van der Waals surface area contributed by atoms with Gasteiger partial charge in [0.25, 0.3) is 0 Å². The Morgan fingerprint density at radius 3 is 2.73 bits per heavy atom. The highest BCUT2D eigenvalue weighted by Gasteiger charge is 2.31. The van der Waals surface area contributed by atoms with Crippen LogP contribution >= 0.6 is 22.9 Å². The Hall–Kier alpha value is -2.78. The van der Waals surface area contributed by atoms with E-state index in [0.717, 1.165) is 22.3 Å². The second kappa shape index (κ2) is 7.81. The van der Waals surface area contributed by atoms with Gasteiger partial charge in [-0.1, -0.05) is 17.7 Å². The van der Waals surface area contributed by atoms with E-state index in [1.807, 2.05) is 12.3 Å². The van der Waals surface area contributed by atoms with Crippen LogP contribution in [0.25, 0.3) is 11.1 Å². The molecule has 0 bridgehead atoms. The molecule has 0 unspecified atom stereocenters. The van der Waals surface area contributed by atoms with Crippen LogP contribution in [0.5, 0.6) is 11.5 Å². The zero-order valence-electron chi connectivity index (χ0n) is 15.5. The summed E-state index contributed by atoms with van der Waals surface area (Å²) in [5.41, 5.74) is 2.86. The molecule has 0 atom stereocenters. The van der Waals surface area contributed by atoms with E-state index in [0.29, 0.717) is 30.0 Å². The number of thiazole rings is 1. The second-order valence-electron chi connectivity index (χ2n) is 6.62. The number of ether oxygens (including phenoxy) is 2. The zero-order valence-corrected chi connectivity index (χ0v) is 17.1. The Labute approximate surface area is 178 Å². The number of benzene rings is 2. The van der Waals surface area contributed by atoms with Gasteiger partial charge in [-0.3, -0.25) is 4.90 Å². The molecule has 3 aromatic rings. The van der Waals surface area contributed by atoms with E-state index in [2.05, 4.69) is 9.72 Å². The monoisotopic (exact) mass is 454 g/mol. The molecule has 10 heteroatoms. The molecule has 1 aromatic heterocycles. The van der Waals surface area contributed by atoms with Crippen LogP contribution in [0.3, 0.4) is 0 Å². The molecule has 0 saturated carbocycles. The Morgan fingerprint density at radius 2 is 2.07 bits per heavy atom. The fraction of sp³-hybridized carbons (Fsp3) is 0.200. The highest BCUT2D eigenvalue weighted by Crippen LogP contribution is 2.36. The number of alkyl halides is 3. The van der Waals surface area contributed by atoms with Gasteiger partial charge >= 0.3 is 12.5 Å². The Bertz CT molecular complexity index is 1120. The molecule has 2 aromatic carbocycles. The van der Waals surface area contributed by atoms with Crippen molar-refractivity contribution in [2.75, 3.05) is 0 Å². The summed E-state index contributed by atoms with van der Waals surface area (Å²) >= 11 is 7.65. The van der Waals surface area contributed by atoms with Gasteiger partial charge in [0.2, 0.25) is 0 Å². The number of aryl methyl sites for hydroxylation is 1. The van der Waals surface area contributed by atoms with Gasteiger partial charge in [-0.05, 0) is 42.8 Å². The minimum Gasteiger partial charge on any atom is -0.410 e. The SMILES string of the molecule is Cc1csc(CN2Cc3cc(-c4ccc(OC(F)(F)F)cc4Cl)ccc3OC2=O)n1. The average molecular weight is 455 g/mol. The van der Waals surface area contributed by atoms with Gasteiger partial charge in [0.1, 0.15) is 16.5 Å². The quantitative estimate of drug-likeness (QED) is 0.472. The molecule has 156 valence electrons. The first-order chi connectivity index (χ1) is 14.2. The average Bonchev–Trinajstić information content (AvgIpc) is 3.06. The van der Waals surface area contributed by atoms with E-state index in [9.17, 15) is 18.0 Å². The van der Waals surface area contributed by atoms with Crippen molar-refractivity contribution in [3.63, 3.8) is 0 Å². The third kappa shape index (κ3) is 4.52. The lowest BCUT2D eigenvalue weighted by Crippen LogP contribution is -2.36. The summed E-state index contributed by atoms with van der Waals surface area (Å²) in [5.74, 6) is 0.0384. The lowest BCUT2D eigenvalue weighted by molar-refractivity contribution is -0.274. The number of hydrogen-bond acceptors (Lipinski definition) is 5. The molecule has 5 nitrogen and oxygen atoms in total. The molecule has 0 aliphatic carbocycles. The molecular formula is C20H14ClF3N2O3S. The Kier molecular flexibility index (Phi) is 5.33. The molecule has 0 fully saturated rings. The maximum absolute atomic E-state index is 12.4. The number of aromatic nitrogens is 1. The van der Waals surface area contributed by atoms with E-state index in [4.69, 9.17) is 16.3 Å². The van der Waals surface area contributed by atoms with Crippen molar-refractivity contribution in [3.05, 3.63) is 63.1 Å². The van der Waals surface area contributed by atoms with Crippen molar-refractivity contribution >= 4 is 29.0 Å². The van der Waals surface area contributed by atoms with Gasteiger partial charge < -0.3 is 9.47 Å². The summed E-state index contributed by atoms with van der Waals surface area (Å²) in [5, 5.41) is 2.82. The molecule has 0 spiro atoms. The normalized spacial score (nSPS) is 13.8. The van der Waals surface area contributed by atoms with Crippen LogP contribution in [0.2, 0.25) is 5.02 Å². The third-order valence-electron chi connectivity index (χ3n) is 4.35. The molecule has 4 rings (SSSR count). The fourth-order valence-corrected chi connectivity index (χ4v) is 4.15. The largest absolute Gasteiger partial charge is 0.573 e. The predicted molar refractivity (Wildman–Crippen MR) is 106 cm³/mol. The van der Waals surface area contributed by atoms with Gasteiger partial charge in [0, 0.05) is 22.2 Å². The third-order valence-corrected chi connectivity index (χ3v) is 5.62. The van der Waals surface area contributed by atoms with E-state index in [1.165, 1.54) is 28.4 Å². The first kappa shape index (κ1) is 20.5. The lowest BCUT2D eigenvalue weighted by Gasteiger charge is -2.27. The Morgan fingerprint density at radius 1 is 1.27 bits per heavy atom. The minimum atomic E-state index is -4.79. The number of hydrogen-bond donors (Lipinski definition) is 0. The van der Waals surface area contributed by atoms with Crippen LogP contribution in [0.1, 0.15) is 16.3 Å². The summed E-state index contributed by atoms with van der Waals surface area (Å²) in [6.45, 7) is 2.52. The topological polar surface area (TPSA) is 51.7 Å². The number of amides is 1. The molecule has 2 heterocycles. The molecule has 0 saturated heterocycles. The number of carbonyl (C=O) groups excluding carboxylic acids is 1. The number of carbonyl (C=O) groups is 1. The van der Waals surface area contributed by atoms with Crippen LogP contribution < -0.4 is 9.47 Å². The van der Waals surface area contributed by atoms with Crippen LogP contribution in [0.15, 0.2) is 41.8 Å². The van der Waals surface area contributed by atoms with Crippen molar-refractivity contribution in [2.24, 2.45) is 0 Å². The zero-order chi connectivity index (χ0) is 21.5. The van der Waals surface area contributed by atoms with E-state index >= 15 is 0 Å². The first-order valence-electron chi connectivity index (χ1n) is 8.74. The second-order valence-corrected chi connectivity index (χ2v) is 7.97. The van der Waals surface area contributed by atoms with Gasteiger partial charge in [0.15, 0.2) is 0 Å². The number of fused-ring (bicyclic) bond motifs is 1. The number of nitrogens with zero attached hydrogens (tertiary/aromatic N) is 2. The summed E-state index contributed by atoms with van der Waals surface area (Å²) < 4.78 is 46.5. The maximum Gasteiger partial charge on any atom is 0.573 e. The maximum atomic E-state index is 12.4. The standard InChI is InChI=1S/C20H14ClF3N2O3S/c1-11-10-30-18(25-11)9-26-8-13-6-12(2-5-17(13)28-19(26)27)15-4-3-14(7-16(15)21)29-20(22,23)24/h2-7,10H,8-9H2,1H3. The van der Waals surface area contributed by atoms with Gasteiger partial charge in [0.05, 0.1) is 18.1 Å². The van der Waals surface area contributed by atoms with Crippen LogP contribution in [0, 0.1) is 6.92 Å². The summed E-state index contributed by atoms with van der Waals surface area (Å²) in [4.78, 5) is 18.2. The number of rotatable bonds is 4. The Balaban J connectivity index is 1.58. The highest BCUT2D eigenvalue weighted by atomic mass is 35.5. The van der Waals surface area contributed by atoms with E-state index in [-0.39, 0.29) is 5.02 Å². The van der Waals surface area contributed by atoms with Gasteiger partial charge in [-0.2, -0.15) is 0 Å². The van der Waals surface area contributed by atoms with Crippen LogP contribution in [-0.2, 0) is 13.1 Å². The molecule has 1 aliphatic rings. The molecule has 1 amide bonds. The smallest absolute Gasteiger partial charge is 0.410 e. The van der Waals surface area contributed by atoms with Crippen molar-refractivity contribution in [1.29, 1.82) is 0 Å². The van der Waals surface area contributed by atoms with Crippen molar-refractivity contribution in [3.8, 4) is 22.6 Å². The number of halogens is 4. The van der Waals surface area contributed by atoms with Gasteiger partial charge in [-0.15, -0.1) is 24.5 Å². The summed E-state index contributed by atoms with van der Waals surface area (Å²) in [6, 6.07) is 8.90. The van der Waals surface area contributed by atoms with Crippen LogP contribution in [-0.4, -0.2) is 22.3 Å². The van der Waals surface area contributed by atoms with E-state index < -0.39 is 18.2 Å². The lowest BCUT2D eigenvalue weighted by atomic mass is 10.0. The molecule has 1 aliphatic heterocycles. The van der Waals surface area contributed by atoms with Crippen molar-refractivity contribution < 1.29 is 27.4 Å². The van der Waals surface area contributed by atoms with Crippen molar-refractivity contribution in [1.82, 2.24) is 9.88 Å². The van der Waals surface area contributed by atoms with Crippen LogP contribution in [0.4, 0.5) is 18.0 Å². The minimum absolute atomic E-state index is 0.111. The van der Waals surface area contributed by atoms with Gasteiger partial charge in [-0.25, -0.2) is 9.78 Å². The molecule has 30 heavy (non-hydrogen) atoms. The summed E-state index contributed by atoms with van der Waals surface area (Å²) in [6.07, 6.45) is -5.25. The fourth-order valence-electron chi connectivity index (χ4n) is 3.09. The first-order valence-corrected chi connectivity index (χ1v) is 10.00. The van der Waals surface area contributed by atoms with E-state index in [1.54, 1.807) is 18.2 Å². The molecule has 0 N–H and O–H groups in total. The van der Waals surface area contributed by atoms with Crippen molar-refractivity contribution in [2.45, 2.75) is 26.4 Å². The highest BCUT2D eigenvalue weighted by molar-refractivity contribution is 7.09. The molecule has 0 radical (unpaired) electrons. The predicted octanol–water partition coefficient (Wildman–Crippen LogP) is 6.19. The molecular weight excluding hydrogens is 441 g/mol. The summed E-state index contributed by atoms with van der Waals surface area (Å²) in [7, 11) is 0.